The molecule has 0 aliphatic heterocycles. The second-order valence-electron chi connectivity index (χ2n) is 6.71. The minimum Gasteiger partial charge on any atom is -0.468 e. The van der Waals surface area contributed by atoms with Gasteiger partial charge in [-0.15, -0.1) is 0 Å². The van der Waals surface area contributed by atoms with Crippen molar-refractivity contribution in [2.75, 3.05) is 0 Å². The average Bonchev–Trinajstić information content (AvgIpc) is 3.39. The minimum atomic E-state index is -0.603. The first kappa shape index (κ1) is 18.7. The Morgan fingerprint density at radius 3 is 2.21 bits per heavy atom. The summed E-state index contributed by atoms with van der Waals surface area (Å²) in [6, 6.07) is 14.4. The van der Waals surface area contributed by atoms with Gasteiger partial charge in [-0.2, -0.15) is 0 Å². The van der Waals surface area contributed by atoms with Crippen molar-refractivity contribution >= 4 is 16.8 Å². The summed E-state index contributed by atoms with van der Waals surface area (Å²) in [4.78, 5) is 31.2. The summed E-state index contributed by atoms with van der Waals surface area (Å²) in [7, 11) is 0. The van der Waals surface area contributed by atoms with Gasteiger partial charge in [0.2, 0.25) is 5.91 Å². The highest BCUT2D eigenvalue weighted by Gasteiger charge is 2.18. The van der Waals surface area contributed by atoms with Crippen LogP contribution in [0.1, 0.15) is 17.3 Å². The third-order valence-corrected chi connectivity index (χ3v) is 4.54. The first-order valence-corrected chi connectivity index (χ1v) is 9.14. The minimum absolute atomic E-state index is 0.235. The first-order valence-electron chi connectivity index (χ1n) is 9.14. The SMILES string of the molecule is NC(=O)Cn1c(CN(Cc2ccco2)Cc2ccco2)nc2ccccc2c1=O. The van der Waals surface area contributed by atoms with Gasteiger partial charge in [-0.1, -0.05) is 12.1 Å². The van der Waals surface area contributed by atoms with Crippen LogP contribution in [0.2, 0.25) is 0 Å². The fraction of sp³-hybridized carbons (Fsp3) is 0.190. The molecule has 2 N–H and O–H groups in total. The van der Waals surface area contributed by atoms with Gasteiger partial charge >= 0.3 is 0 Å². The monoisotopic (exact) mass is 392 g/mol. The maximum Gasteiger partial charge on any atom is 0.261 e. The van der Waals surface area contributed by atoms with Gasteiger partial charge in [0.05, 0.1) is 43.1 Å². The third kappa shape index (κ3) is 4.27. The lowest BCUT2D eigenvalue weighted by molar-refractivity contribution is -0.118. The van der Waals surface area contributed by atoms with Crippen LogP contribution in [-0.2, 0) is 31.0 Å². The Kier molecular flexibility index (Phi) is 5.26. The lowest BCUT2D eigenvalue weighted by Gasteiger charge is -2.22. The van der Waals surface area contributed by atoms with Crippen molar-refractivity contribution in [1.82, 2.24) is 14.5 Å². The lowest BCUT2D eigenvalue weighted by atomic mass is 10.2. The molecule has 0 aliphatic rings. The number of nitrogens with two attached hydrogens (primary N) is 1. The fourth-order valence-corrected chi connectivity index (χ4v) is 3.27. The predicted octanol–water partition coefficient (Wildman–Crippen LogP) is 2.27. The van der Waals surface area contributed by atoms with Gasteiger partial charge in [0, 0.05) is 0 Å². The van der Waals surface area contributed by atoms with E-state index in [-0.39, 0.29) is 12.1 Å². The number of hydrogen-bond acceptors (Lipinski definition) is 6. The lowest BCUT2D eigenvalue weighted by Crippen LogP contribution is -2.34. The number of hydrogen-bond donors (Lipinski definition) is 1. The molecular formula is C21H20N4O4. The zero-order valence-electron chi connectivity index (χ0n) is 15.7. The smallest absolute Gasteiger partial charge is 0.261 e. The van der Waals surface area contributed by atoms with Gasteiger partial charge in [-0.25, -0.2) is 4.98 Å². The van der Waals surface area contributed by atoms with Crippen molar-refractivity contribution in [2.45, 2.75) is 26.2 Å². The summed E-state index contributed by atoms with van der Waals surface area (Å²) in [5, 5.41) is 0.445. The van der Waals surface area contributed by atoms with E-state index in [2.05, 4.69) is 4.98 Å². The van der Waals surface area contributed by atoms with Crippen LogP contribution < -0.4 is 11.3 Å². The molecule has 8 heteroatoms. The normalized spacial score (nSPS) is 11.3. The van der Waals surface area contributed by atoms with E-state index in [0.717, 1.165) is 11.5 Å². The van der Waals surface area contributed by atoms with E-state index < -0.39 is 5.91 Å². The predicted molar refractivity (Wildman–Crippen MR) is 106 cm³/mol. The summed E-state index contributed by atoms with van der Waals surface area (Å²) in [5.74, 6) is 1.38. The first-order chi connectivity index (χ1) is 14.1. The highest BCUT2D eigenvalue weighted by Crippen LogP contribution is 2.15. The van der Waals surface area contributed by atoms with Crippen LogP contribution in [0.3, 0.4) is 0 Å². The largest absolute Gasteiger partial charge is 0.468 e. The maximum atomic E-state index is 13.0. The Bertz CT molecular complexity index is 1130. The standard InChI is InChI=1S/C21H20N4O4/c22-19(26)13-25-20(23-18-8-2-1-7-17(18)21(25)27)14-24(11-15-5-3-9-28-15)12-16-6-4-10-29-16/h1-10H,11-14H2,(H2,22,26). The summed E-state index contributed by atoms with van der Waals surface area (Å²) in [6.07, 6.45) is 3.22. The number of carbonyl (C=O) groups is 1. The number of nitrogens with zero attached hydrogens (tertiary/aromatic N) is 3. The number of benzene rings is 1. The van der Waals surface area contributed by atoms with Gasteiger partial charge in [-0.3, -0.25) is 19.1 Å². The number of primary amides is 1. The van der Waals surface area contributed by atoms with Crippen molar-refractivity contribution in [3.8, 4) is 0 Å². The molecule has 3 heterocycles. The van der Waals surface area contributed by atoms with Gasteiger partial charge in [0.25, 0.3) is 5.56 Å². The quantitative estimate of drug-likeness (QED) is 0.493. The molecule has 0 spiro atoms. The molecule has 29 heavy (non-hydrogen) atoms. The Morgan fingerprint density at radius 2 is 1.62 bits per heavy atom. The average molecular weight is 392 g/mol. The van der Waals surface area contributed by atoms with Crippen molar-refractivity contribution in [3.63, 3.8) is 0 Å². The van der Waals surface area contributed by atoms with E-state index in [9.17, 15) is 9.59 Å². The van der Waals surface area contributed by atoms with Crippen LogP contribution in [0.5, 0.6) is 0 Å². The number of rotatable bonds is 8. The number of carbonyl (C=O) groups excluding carboxylic acids is 1. The maximum absolute atomic E-state index is 13.0. The topological polar surface area (TPSA) is 108 Å². The third-order valence-electron chi connectivity index (χ3n) is 4.54. The Morgan fingerprint density at radius 1 is 0.966 bits per heavy atom. The van der Waals surface area contributed by atoms with Crippen molar-refractivity contribution in [2.24, 2.45) is 5.73 Å². The molecule has 4 aromatic rings. The van der Waals surface area contributed by atoms with Crippen LogP contribution in [0.4, 0.5) is 0 Å². The van der Waals surface area contributed by atoms with Crippen LogP contribution in [0.15, 0.2) is 74.7 Å². The number of amides is 1. The number of fused-ring (bicyclic) bond motifs is 1. The highest BCUT2D eigenvalue weighted by atomic mass is 16.3. The molecular weight excluding hydrogens is 372 g/mol. The van der Waals surface area contributed by atoms with Crippen LogP contribution in [-0.4, -0.2) is 20.4 Å². The van der Waals surface area contributed by atoms with E-state index in [1.54, 1.807) is 30.7 Å². The number of furan rings is 2. The molecule has 0 aliphatic carbocycles. The van der Waals surface area contributed by atoms with Crippen LogP contribution in [0, 0.1) is 0 Å². The number of para-hydroxylation sites is 1. The van der Waals surface area contributed by atoms with Gasteiger partial charge in [0.15, 0.2) is 0 Å². The molecule has 0 atom stereocenters. The van der Waals surface area contributed by atoms with Crippen molar-refractivity contribution in [1.29, 1.82) is 0 Å². The molecule has 1 amide bonds. The second-order valence-corrected chi connectivity index (χ2v) is 6.71. The van der Waals surface area contributed by atoms with E-state index in [4.69, 9.17) is 14.6 Å². The molecule has 8 nitrogen and oxygen atoms in total. The summed E-state index contributed by atoms with van der Waals surface area (Å²) in [5.41, 5.74) is 5.67. The fourth-order valence-electron chi connectivity index (χ4n) is 3.27. The molecule has 0 radical (unpaired) electrons. The van der Waals surface area contributed by atoms with E-state index in [1.807, 2.05) is 35.2 Å². The molecule has 0 saturated carbocycles. The molecule has 0 saturated heterocycles. The van der Waals surface area contributed by atoms with Crippen molar-refractivity contribution < 1.29 is 13.6 Å². The highest BCUT2D eigenvalue weighted by molar-refractivity contribution is 5.78. The summed E-state index contributed by atoms with van der Waals surface area (Å²) < 4.78 is 12.3. The van der Waals surface area contributed by atoms with E-state index >= 15 is 0 Å². The summed E-state index contributed by atoms with van der Waals surface area (Å²) >= 11 is 0. The molecule has 0 unspecified atom stereocenters. The molecule has 148 valence electrons. The van der Waals surface area contributed by atoms with Crippen LogP contribution in [0.25, 0.3) is 10.9 Å². The molecule has 4 rings (SSSR count). The Balaban J connectivity index is 1.73. The van der Waals surface area contributed by atoms with Crippen molar-refractivity contribution in [3.05, 3.63) is 88.8 Å². The van der Waals surface area contributed by atoms with E-state index in [0.29, 0.717) is 36.4 Å². The zero-order valence-corrected chi connectivity index (χ0v) is 15.7. The molecule has 0 fully saturated rings. The zero-order chi connectivity index (χ0) is 20.2. The molecule has 0 bridgehead atoms. The Labute approximate surface area is 166 Å². The number of aromatic nitrogens is 2. The van der Waals surface area contributed by atoms with Crippen LogP contribution >= 0.6 is 0 Å². The molecule has 3 aromatic heterocycles. The van der Waals surface area contributed by atoms with Gasteiger partial charge in [-0.05, 0) is 36.4 Å². The second kappa shape index (κ2) is 8.15. The van der Waals surface area contributed by atoms with Gasteiger partial charge in [0.1, 0.15) is 23.9 Å². The van der Waals surface area contributed by atoms with E-state index in [1.165, 1.54) is 4.57 Å². The molecule has 1 aromatic carbocycles. The summed E-state index contributed by atoms with van der Waals surface area (Å²) in [6.45, 7) is 1.02. The Hall–Kier alpha value is -3.65. The van der Waals surface area contributed by atoms with Gasteiger partial charge < -0.3 is 14.6 Å².